The van der Waals surface area contributed by atoms with Crippen LogP contribution in [-0.4, -0.2) is 18.1 Å². The van der Waals surface area contributed by atoms with Gasteiger partial charge in [-0.3, -0.25) is 0 Å². The van der Waals surface area contributed by atoms with Crippen LogP contribution in [0.5, 0.6) is 5.75 Å². The van der Waals surface area contributed by atoms with E-state index in [1.54, 1.807) is 0 Å². The standard InChI is InChI=1S/C10H9NO4S.K/c11-10-8-3-2-7(16(13,14)15)5-6(8)1-4-9(10)12;/h1-5,12H,11H2,(H,13,14,15);/q;+1/p-1. The van der Waals surface area contributed by atoms with Crippen molar-refractivity contribution in [1.29, 1.82) is 0 Å². The van der Waals surface area contributed by atoms with E-state index in [2.05, 4.69) is 0 Å². The van der Waals surface area contributed by atoms with E-state index in [1.165, 1.54) is 30.3 Å². The van der Waals surface area contributed by atoms with Gasteiger partial charge in [-0.2, -0.15) is 0 Å². The Hall–Kier alpha value is -0.154. The first kappa shape index (κ1) is 14.9. The maximum atomic E-state index is 10.8. The number of nitrogen functional groups attached to an aromatic ring is 1. The van der Waals surface area contributed by atoms with Crippen molar-refractivity contribution in [2.75, 3.05) is 5.73 Å². The molecule has 0 aliphatic heterocycles. The first-order chi connectivity index (χ1) is 7.39. The smallest absolute Gasteiger partial charge is 0.744 e. The molecule has 0 aliphatic carbocycles. The Morgan fingerprint density at radius 2 is 1.82 bits per heavy atom. The number of aromatic hydroxyl groups is 1. The summed E-state index contributed by atoms with van der Waals surface area (Å²) in [6.07, 6.45) is 0. The molecular formula is C10H8KNO4S. The van der Waals surface area contributed by atoms with E-state index in [-0.39, 0.29) is 67.7 Å². The van der Waals surface area contributed by atoms with E-state index in [0.29, 0.717) is 10.8 Å². The number of anilines is 1. The summed E-state index contributed by atoms with van der Waals surface area (Å²) in [5.41, 5.74) is 5.76. The third kappa shape index (κ3) is 3.00. The normalized spacial score (nSPS) is 11.1. The van der Waals surface area contributed by atoms with Crippen LogP contribution in [0.25, 0.3) is 10.8 Å². The zero-order valence-corrected chi connectivity index (χ0v) is 13.0. The van der Waals surface area contributed by atoms with Crippen LogP contribution >= 0.6 is 0 Å². The molecule has 0 spiro atoms. The minimum atomic E-state index is -4.47. The number of fused-ring (bicyclic) bond motifs is 1. The number of hydrogen-bond donors (Lipinski definition) is 2. The molecule has 7 heteroatoms. The molecule has 2 aromatic carbocycles. The second-order valence-corrected chi connectivity index (χ2v) is 4.72. The Balaban J connectivity index is 0.00000144. The number of phenols is 1. The van der Waals surface area contributed by atoms with Crippen LogP contribution < -0.4 is 57.1 Å². The topological polar surface area (TPSA) is 103 Å². The average Bonchev–Trinajstić information content (AvgIpc) is 2.22. The van der Waals surface area contributed by atoms with Crippen LogP contribution in [0.4, 0.5) is 5.69 Å². The molecular weight excluding hydrogens is 269 g/mol. The molecule has 3 N–H and O–H groups in total. The molecule has 0 fully saturated rings. The fraction of sp³-hybridized carbons (Fsp3) is 0. The van der Waals surface area contributed by atoms with Gasteiger partial charge in [-0.15, -0.1) is 0 Å². The molecule has 17 heavy (non-hydrogen) atoms. The van der Waals surface area contributed by atoms with E-state index in [4.69, 9.17) is 5.73 Å². The summed E-state index contributed by atoms with van der Waals surface area (Å²) in [5, 5.41) is 10.3. The molecule has 0 saturated carbocycles. The van der Waals surface area contributed by atoms with Crippen molar-refractivity contribution in [3.8, 4) is 5.75 Å². The van der Waals surface area contributed by atoms with E-state index >= 15 is 0 Å². The third-order valence-corrected chi connectivity index (χ3v) is 3.13. The van der Waals surface area contributed by atoms with Crippen molar-refractivity contribution in [2.24, 2.45) is 0 Å². The predicted octanol–water partition coefficient (Wildman–Crippen LogP) is -1.96. The number of phenolic OH excluding ortho intramolecular Hbond substituents is 1. The summed E-state index contributed by atoms with van der Waals surface area (Å²) in [6, 6.07) is 6.64. The molecule has 0 heterocycles. The van der Waals surface area contributed by atoms with Gasteiger partial charge in [0.05, 0.1) is 10.6 Å². The first-order valence-corrected chi connectivity index (χ1v) is 5.77. The molecule has 0 radical (unpaired) electrons. The Kier molecular flexibility index (Phi) is 4.58. The van der Waals surface area contributed by atoms with E-state index in [1.807, 2.05) is 0 Å². The number of hydrogen-bond acceptors (Lipinski definition) is 5. The third-order valence-electron chi connectivity index (χ3n) is 2.30. The van der Waals surface area contributed by atoms with Crippen LogP contribution in [0.3, 0.4) is 0 Å². The molecule has 0 atom stereocenters. The maximum absolute atomic E-state index is 10.8. The van der Waals surface area contributed by atoms with E-state index in [0.717, 1.165) is 0 Å². The summed E-state index contributed by atoms with van der Waals surface area (Å²) in [4.78, 5) is -0.315. The van der Waals surface area contributed by atoms with Gasteiger partial charge in [-0.25, -0.2) is 8.42 Å². The van der Waals surface area contributed by atoms with Gasteiger partial charge >= 0.3 is 51.4 Å². The molecule has 0 amide bonds. The quantitative estimate of drug-likeness (QED) is 0.272. The molecule has 0 aliphatic rings. The Morgan fingerprint density at radius 1 is 1.18 bits per heavy atom. The summed E-state index contributed by atoms with van der Waals surface area (Å²) in [5.74, 6) is -0.0785. The van der Waals surface area contributed by atoms with Crippen LogP contribution in [0.2, 0.25) is 0 Å². The molecule has 5 nitrogen and oxygen atoms in total. The van der Waals surface area contributed by atoms with Crippen molar-refractivity contribution >= 4 is 26.6 Å². The van der Waals surface area contributed by atoms with Crippen molar-refractivity contribution < 1.29 is 69.5 Å². The molecule has 0 bridgehead atoms. The van der Waals surface area contributed by atoms with Crippen molar-refractivity contribution in [1.82, 2.24) is 0 Å². The predicted molar refractivity (Wildman–Crippen MR) is 58.0 cm³/mol. The van der Waals surface area contributed by atoms with Gasteiger partial charge in [0.15, 0.2) is 0 Å². The number of rotatable bonds is 1. The van der Waals surface area contributed by atoms with Gasteiger partial charge in [-0.1, -0.05) is 12.1 Å². The summed E-state index contributed by atoms with van der Waals surface area (Å²) in [6.45, 7) is 0. The van der Waals surface area contributed by atoms with Gasteiger partial charge in [0.25, 0.3) is 0 Å². The zero-order valence-electron chi connectivity index (χ0n) is 9.04. The number of nitrogens with two attached hydrogens (primary N) is 1. The second-order valence-electron chi connectivity index (χ2n) is 3.34. The van der Waals surface area contributed by atoms with Gasteiger partial charge in [0.2, 0.25) is 0 Å². The van der Waals surface area contributed by atoms with Gasteiger partial charge < -0.3 is 15.4 Å². The fourth-order valence-electron chi connectivity index (χ4n) is 1.48. The molecule has 0 aromatic heterocycles. The second kappa shape index (κ2) is 5.23. The minimum Gasteiger partial charge on any atom is -0.744 e. The maximum Gasteiger partial charge on any atom is 1.00 e. The number of benzene rings is 2. The molecule has 2 rings (SSSR count). The monoisotopic (exact) mass is 277 g/mol. The fourth-order valence-corrected chi connectivity index (χ4v) is 1.98. The van der Waals surface area contributed by atoms with Gasteiger partial charge in [0, 0.05) is 5.39 Å². The average molecular weight is 277 g/mol. The minimum absolute atomic E-state index is 0. The van der Waals surface area contributed by atoms with Crippen molar-refractivity contribution in [3.05, 3.63) is 30.3 Å². The van der Waals surface area contributed by atoms with Crippen LogP contribution in [0.1, 0.15) is 0 Å². The summed E-state index contributed by atoms with van der Waals surface area (Å²) < 4.78 is 32.4. The molecule has 0 saturated heterocycles. The molecule has 84 valence electrons. The zero-order chi connectivity index (χ0) is 11.9. The van der Waals surface area contributed by atoms with Crippen LogP contribution in [-0.2, 0) is 10.1 Å². The SMILES string of the molecule is Nc1c(O)ccc2cc(S(=O)(=O)[O-])ccc12.[K+]. The summed E-state index contributed by atoms with van der Waals surface area (Å²) >= 11 is 0. The molecule has 2 aromatic rings. The first-order valence-electron chi connectivity index (χ1n) is 4.37. The molecule has 0 unspecified atom stereocenters. The largest absolute Gasteiger partial charge is 1.00 e. The van der Waals surface area contributed by atoms with Gasteiger partial charge in [0.1, 0.15) is 15.9 Å². The Bertz CT molecular complexity index is 669. The van der Waals surface area contributed by atoms with Crippen molar-refractivity contribution in [2.45, 2.75) is 4.90 Å². The Morgan fingerprint density at radius 3 is 2.41 bits per heavy atom. The van der Waals surface area contributed by atoms with Crippen LogP contribution in [0, 0.1) is 0 Å². The van der Waals surface area contributed by atoms with Crippen LogP contribution in [0.15, 0.2) is 35.2 Å². The Labute approximate surface area is 141 Å². The van der Waals surface area contributed by atoms with Gasteiger partial charge in [-0.05, 0) is 23.6 Å². The van der Waals surface area contributed by atoms with E-state index < -0.39 is 10.1 Å². The summed E-state index contributed by atoms with van der Waals surface area (Å²) in [7, 11) is -4.47. The van der Waals surface area contributed by atoms with Crippen molar-refractivity contribution in [3.63, 3.8) is 0 Å². The van der Waals surface area contributed by atoms with E-state index in [9.17, 15) is 18.1 Å².